The van der Waals surface area contributed by atoms with Crippen LogP contribution in [0.2, 0.25) is 0 Å². The molecule has 0 amide bonds. The smallest absolute Gasteiger partial charge is 0.134 e. The molecular weight excluding hydrogens is 156 g/mol. The molecule has 1 nitrogen and oxygen atoms in total. The van der Waals surface area contributed by atoms with E-state index in [4.69, 9.17) is 0 Å². The predicted octanol–water partition coefficient (Wildman–Crippen LogP) is 2.64. The zero-order valence-corrected chi connectivity index (χ0v) is 7.95. The van der Waals surface area contributed by atoms with Gasteiger partial charge in [-0.15, -0.1) is 0 Å². The summed E-state index contributed by atoms with van der Waals surface area (Å²) in [4.78, 5) is 11.0. The van der Waals surface area contributed by atoms with Gasteiger partial charge in [0.05, 0.1) is 0 Å². The molecule has 0 spiro atoms. The van der Waals surface area contributed by atoms with Crippen molar-refractivity contribution in [2.45, 2.75) is 44.3 Å². The van der Waals surface area contributed by atoms with Crippen molar-refractivity contribution >= 4 is 17.5 Å². The highest BCUT2D eigenvalue weighted by Gasteiger charge is 2.18. The summed E-state index contributed by atoms with van der Waals surface area (Å²) in [6.07, 6.45) is 5.29. The maximum Gasteiger partial charge on any atom is 0.134 e. The third kappa shape index (κ3) is 3.28. The van der Waals surface area contributed by atoms with Crippen LogP contribution < -0.4 is 0 Å². The van der Waals surface area contributed by atoms with Crippen LogP contribution in [0.4, 0.5) is 0 Å². The van der Waals surface area contributed by atoms with Gasteiger partial charge in [-0.2, -0.15) is 11.8 Å². The topological polar surface area (TPSA) is 17.1 Å². The molecule has 0 N–H and O–H groups in total. The van der Waals surface area contributed by atoms with Gasteiger partial charge in [-0.25, -0.2) is 0 Å². The second kappa shape index (κ2) is 4.81. The summed E-state index contributed by atoms with van der Waals surface area (Å²) >= 11 is 1.98. The second-order valence-electron chi connectivity index (χ2n) is 3.13. The molecule has 1 rings (SSSR count). The van der Waals surface area contributed by atoms with E-state index in [0.717, 1.165) is 19.3 Å². The number of hydrogen-bond acceptors (Lipinski definition) is 2. The molecule has 0 radical (unpaired) electrons. The molecule has 1 saturated carbocycles. The Hall–Kier alpha value is 0.0200. The molecule has 2 heteroatoms. The van der Waals surface area contributed by atoms with Crippen molar-refractivity contribution < 1.29 is 4.79 Å². The van der Waals surface area contributed by atoms with E-state index in [1.807, 2.05) is 11.8 Å². The van der Waals surface area contributed by atoms with Gasteiger partial charge in [0.15, 0.2) is 0 Å². The molecule has 0 aliphatic heterocycles. The Morgan fingerprint density at radius 1 is 1.64 bits per heavy atom. The third-order valence-electron chi connectivity index (χ3n) is 1.99. The molecule has 1 aliphatic rings. The first-order chi connectivity index (χ1) is 5.33. The minimum absolute atomic E-state index is 0.477. The van der Waals surface area contributed by atoms with Gasteiger partial charge in [-0.05, 0) is 25.0 Å². The van der Waals surface area contributed by atoms with Crippen molar-refractivity contribution in [2.75, 3.05) is 5.75 Å². The lowest BCUT2D eigenvalue weighted by Crippen LogP contribution is -2.16. The van der Waals surface area contributed by atoms with Crippen molar-refractivity contribution in [1.29, 1.82) is 0 Å². The number of hydrogen-bond donors (Lipinski definition) is 0. The molecule has 0 aromatic rings. The summed E-state index contributed by atoms with van der Waals surface area (Å²) in [6, 6.07) is 0. The summed E-state index contributed by atoms with van der Waals surface area (Å²) in [6.45, 7) is 2.19. The van der Waals surface area contributed by atoms with Gasteiger partial charge in [0.25, 0.3) is 0 Å². The van der Waals surface area contributed by atoms with Crippen LogP contribution in [0.15, 0.2) is 0 Å². The van der Waals surface area contributed by atoms with Crippen LogP contribution in [0.3, 0.4) is 0 Å². The summed E-state index contributed by atoms with van der Waals surface area (Å²) in [5, 5.41) is 0.649. The standard InChI is InChI=1S/C9H16OS/c1-2-6-11-9-5-3-4-8(10)7-9/h9H,2-7H2,1H3. The minimum atomic E-state index is 0.477. The fourth-order valence-corrected chi connectivity index (χ4v) is 2.62. The van der Waals surface area contributed by atoms with Gasteiger partial charge in [0.1, 0.15) is 5.78 Å². The van der Waals surface area contributed by atoms with E-state index in [2.05, 4.69) is 6.92 Å². The van der Waals surface area contributed by atoms with Crippen LogP contribution in [0.5, 0.6) is 0 Å². The SMILES string of the molecule is CCCSC1CCCC(=O)C1. The van der Waals surface area contributed by atoms with Gasteiger partial charge < -0.3 is 0 Å². The number of rotatable bonds is 3. The Labute approximate surface area is 72.9 Å². The minimum Gasteiger partial charge on any atom is -0.300 e. The molecule has 0 aromatic heterocycles. The van der Waals surface area contributed by atoms with Crippen LogP contribution in [0.25, 0.3) is 0 Å². The van der Waals surface area contributed by atoms with Crippen molar-refractivity contribution in [3.8, 4) is 0 Å². The van der Waals surface area contributed by atoms with Crippen LogP contribution in [-0.2, 0) is 4.79 Å². The van der Waals surface area contributed by atoms with Crippen LogP contribution in [0.1, 0.15) is 39.0 Å². The number of thioether (sulfide) groups is 1. The molecule has 0 heterocycles. The van der Waals surface area contributed by atoms with E-state index in [0.29, 0.717) is 11.0 Å². The molecule has 0 saturated heterocycles. The van der Waals surface area contributed by atoms with E-state index < -0.39 is 0 Å². The van der Waals surface area contributed by atoms with E-state index in [1.54, 1.807) is 0 Å². The highest BCUT2D eigenvalue weighted by Crippen LogP contribution is 2.26. The molecule has 1 unspecified atom stereocenters. The summed E-state index contributed by atoms with van der Waals surface area (Å²) in [5.74, 6) is 1.70. The first kappa shape index (κ1) is 9.11. The van der Waals surface area contributed by atoms with Crippen LogP contribution >= 0.6 is 11.8 Å². The van der Waals surface area contributed by atoms with Gasteiger partial charge >= 0.3 is 0 Å². The maximum atomic E-state index is 11.0. The van der Waals surface area contributed by atoms with E-state index in [1.165, 1.54) is 18.6 Å². The summed E-state index contributed by atoms with van der Waals surface area (Å²) in [5.41, 5.74) is 0. The van der Waals surface area contributed by atoms with E-state index in [-0.39, 0.29) is 0 Å². The highest BCUT2D eigenvalue weighted by atomic mass is 32.2. The fourth-order valence-electron chi connectivity index (χ4n) is 1.41. The van der Waals surface area contributed by atoms with Crippen molar-refractivity contribution in [2.24, 2.45) is 0 Å². The highest BCUT2D eigenvalue weighted by molar-refractivity contribution is 7.99. The van der Waals surface area contributed by atoms with Crippen molar-refractivity contribution in [3.63, 3.8) is 0 Å². The van der Waals surface area contributed by atoms with Crippen LogP contribution in [-0.4, -0.2) is 16.8 Å². The summed E-state index contributed by atoms with van der Waals surface area (Å²) in [7, 11) is 0. The third-order valence-corrected chi connectivity index (χ3v) is 3.51. The normalized spacial score (nSPS) is 25.5. The number of ketones is 1. The first-order valence-corrected chi connectivity index (χ1v) is 5.51. The van der Waals surface area contributed by atoms with Crippen LogP contribution in [0, 0.1) is 0 Å². The average Bonchev–Trinajstić information content (AvgIpc) is 2.01. The maximum absolute atomic E-state index is 11.0. The van der Waals surface area contributed by atoms with E-state index in [9.17, 15) is 4.79 Å². The lowest BCUT2D eigenvalue weighted by atomic mass is 9.99. The van der Waals surface area contributed by atoms with Gasteiger partial charge in [0, 0.05) is 18.1 Å². The molecule has 0 aromatic carbocycles. The van der Waals surface area contributed by atoms with Crippen molar-refractivity contribution in [1.82, 2.24) is 0 Å². The van der Waals surface area contributed by atoms with E-state index >= 15 is 0 Å². The molecule has 64 valence electrons. The molecule has 1 aliphatic carbocycles. The first-order valence-electron chi connectivity index (χ1n) is 4.46. The average molecular weight is 172 g/mol. The lowest BCUT2D eigenvalue weighted by molar-refractivity contribution is -0.120. The Kier molecular flexibility index (Phi) is 3.98. The number of carbonyl (C=O) groups excluding carboxylic acids is 1. The largest absolute Gasteiger partial charge is 0.300 e. The Bertz CT molecular complexity index is 134. The van der Waals surface area contributed by atoms with Gasteiger partial charge in [0.2, 0.25) is 0 Å². The molecule has 11 heavy (non-hydrogen) atoms. The predicted molar refractivity (Wildman–Crippen MR) is 50.0 cm³/mol. The Balaban J connectivity index is 2.17. The van der Waals surface area contributed by atoms with Gasteiger partial charge in [-0.3, -0.25) is 4.79 Å². The lowest BCUT2D eigenvalue weighted by Gasteiger charge is -2.19. The fraction of sp³-hybridized carbons (Fsp3) is 0.889. The second-order valence-corrected chi connectivity index (χ2v) is 4.54. The molecule has 1 atom stereocenters. The molecule has 0 bridgehead atoms. The zero-order valence-electron chi connectivity index (χ0n) is 7.14. The number of Topliss-reactive ketones (excluding diaryl/α,β-unsaturated/α-hetero) is 1. The molecule has 1 fully saturated rings. The number of carbonyl (C=O) groups is 1. The van der Waals surface area contributed by atoms with Crippen molar-refractivity contribution in [3.05, 3.63) is 0 Å². The monoisotopic (exact) mass is 172 g/mol. The Morgan fingerprint density at radius 2 is 2.45 bits per heavy atom. The molecular formula is C9H16OS. The van der Waals surface area contributed by atoms with Gasteiger partial charge in [-0.1, -0.05) is 6.92 Å². The Morgan fingerprint density at radius 3 is 3.09 bits per heavy atom. The zero-order chi connectivity index (χ0) is 8.10. The summed E-state index contributed by atoms with van der Waals surface area (Å²) < 4.78 is 0. The quantitative estimate of drug-likeness (QED) is 0.651.